The summed E-state index contributed by atoms with van der Waals surface area (Å²) in [5, 5.41) is 21.1. The van der Waals surface area contributed by atoms with Crippen molar-refractivity contribution in [3.63, 3.8) is 0 Å². The van der Waals surface area contributed by atoms with Crippen molar-refractivity contribution >= 4 is 0 Å². The first-order valence-corrected chi connectivity index (χ1v) is 6.19. The lowest BCUT2D eigenvalue weighted by Crippen LogP contribution is -2.21. The Morgan fingerprint density at radius 3 is 2.76 bits per heavy atom. The highest BCUT2D eigenvalue weighted by Crippen LogP contribution is 2.08. The average molecular weight is 240 g/mol. The lowest BCUT2D eigenvalue weighted by Gasteiger charge is -2.15. The third-order valence-electron chi connectivity index (χ3n) is 2.40. The molecule has 0 atom stereocenters. The normalized spacial score (nSPS) is 12.4. The first-order valence-electron chi connectivity index (χ1n) is 6.19. The largest absolute Gasteiger partial charge is 0.390 e. The van der Waals surface area contributed by atoms with Crippen molar-refractivity contribution in [2.24, 2.45) is 5.92 Å². The smallest absolute Gasteiger partial charge is 0.0964 e. The Kier molecular flexibility index (Phi) is 5.08. The molecule has 0 aliphatic carbocycles. The van der Waals surface area contributed by atoms with E-state index >= 15 is 0 Å². The van der Waals surface area contributed by atoms with E-state index < -0.39 is 5.60 Å². The summed E-state index contributed by atoms with van der Waals surface area (Å²) in [5.41, 5.74) is 0.295. The molecule has 0 amide bonds. The van der Waals surface area contributed by atoms with E-state index in [1.165, 1.54) is 0 Å². The molecule has 1 rings (SSSR count). The van der Waals surface area contributed by atoms with Gasteiger partial charge in [-0.05, 0) is 32.7 Å². The number of aryl methyl sites for hydroxylation is 1. The van der Waals surface area contributed by atoms with Gasteiger partial charge in [-0.2, -0.15) is 0 Å². The molecule has 98 valence electrons. The monoisotopic (exact) mass is 240 g/mol. The molecule has 0 saturated carbocycles. The molecule has 0 saturated heterocycles. The summed E-state index contributed by atoms with van der Waals surface area (Å²) >= 11 is 0. The molecular weight excluding hydrogens is 216 g/mol. The van der Waals surface area contributed by atoms with Crippen LogP contribution in [0.15, 0.2) is 6.20 Å². The van der Waals surface area contributed by atoms with Crippen LogP contribution < -0.4 is 5.32 Å². The lowest BCUT2D eigenvalue weighted by molar-refractivity contribution is 0.0649. The van der Waals surface area contributed by atoms with Gasteiger partial charge in [0.05, 0.1) is 11.3 Å². The fourth-order valence-electron chi connectivity index (χ4n) is 1.41. The molecule has 0 unspecified atom stereocenters. The minimum Gasteiger partial charge on any atom is -0.390 e. The second-order valence-corrected chi connectivity index (χ2v) is 5.56. The minimum absolute atomic E-state index is 0.639. The Morgan fingerprint density at radius 1 is 1.47 bits per heavy atom. The highest BCUT2D eigenvalue weighted by Gasteiger charge is 2.12. The van der Waals surface area contributed by atoms with Gasteiger partial charge < -0.3 is 10.4 Å². The van der Waals surface area contributed by atoms with Crippen molar-refractivity contribution in [3.05, 3.63) is 11.9 Å². The van der Waals surface area contributed by atoms with Crippen molar-refractivity contribution in [2.75, 3.05) is 6.54 Å². The zero-order chi connectivity index (χ0) is 12.9. The third kappa shape index (κ3) is 6.38. The first kappa shape index (κ1) is 14.1. The Hall–Kier alpha value is -0.940. The van der Waals surface area contributed by atoms with E-state index in [1.807, 2.05) is 6.20 Å². The topological polar surface area (TPSA) is 63.0 Å². The van der Waals surface area contributed by atoms with Crippen LogP contribution >= 0.6 is 0 Å². The van der Waals surface area contributed by atoms with Gasteiger partial charge >= 0.3 is 0 Å². The van der Waals surface area contributed by atoms with Crippen LogP contribution in [0.5, 0.6) is 0 Å². The molecule has 17 heavy (non-hydrogen) atoms. The van der Waals surface area contributed by atoms with Gasteiger partial charge in [-0.15, -0.1) is 5.10 Å². The Bertz CT molecular complexity index is 327. The maximum Gasteiger partial charge on any atom is 0.0964 e. The summed E-state index contributed by atoms with van der Waals surface area (Å²) in [4.78, 5) is 0. The highest BCUT2D eigenvalue weighted by atomic mass is 16.3. The van der Waals surface area contributed by atoms with Gasteiger partial charge in [-0.1, -0.05) is 19.1 Å². The molecular formula is C12H24N4O. The van der Waals surface area contributed by atoms with E-state index in [1.54, 1.807) is 18.5 Å². The second kappa shape index (κ2) is 6.12. The number of hydrogen-bond acceptors (Lipinski definition) is 4. The van der Waals surface area contributed by atoms with E-state index in [0.717, 1.165) is 18.8 Å². The summed E-state index contributed by atoms with van der Waals surface area (Å²) in [5.74, 6) is 0.639. The number of hydrogen-bond donors (Lipinski definition) is 2. The maximum atomic E-state index is 9.61. The molecule has 2 N–H and O–H groups in total. The van der Waals surface area contributed by atoms with Crippen LogP contribution in [-0.2, 0) is 13.1 Å². The molecule has 1 heterocycles. The SMILES string of the molecule is CC(C)CNCc1cn(CCC(C)(C)O)nn1. The molecule has 1 aromatic heterocycles. The fraction of sp³-hybridized carbons (Fsp3) is 0.833. The summed E-state index contributed by atoms with van der Waals surface area (Å²) in [6, 6.07) is 0. The molecule has 0 bridgehead atoms. The summed E-state index contributed by atoms with van der Waals surface area (Å²) in [7, 11) is 0. The van der Waals surface area contributed by atoms with Crippen molar-refractivity contribution in [1.82, 2.24) is 20.3 Å². The Labute approximate surface area is 103 Å². The molecule has 0 aromatic carbocycles. The van der Waals surface area contributed by atoms with Crippen LogP contribution in [0, 0.1) is 5.92 Å². The van der Waals surface area contributed by atoms with E-state index in [9.17, 15) is 5.11 Å². The van der Waals surface area contributed by atoms with Crippen LogP contribution in [0.3, 0.4) is 0 Å². The van der Waals surface area contributed by atoms with Gasteiger partial charge in [0.15, 0.2) is 0 Å². The molecule has 0 aliphatic heterocycles. The molecule has 0 fully saturated rings. The maximum absolute atomic E-state index is 9.61. The highest BCUT2D eigenvalue weighted by molar-refractivity contribution is 4.91. The quantitative estimate of drug-likeness (QED) is 0.751. The van der Waals surface area contributed by atoms with Crippen molar-refractivity contribution in [2.45, 2.75) is 52.8 Å². The Balaban J connectivity index is 2.32. The van der Waals surface area contributed by atoms with Crippen molar-refractivity contribution in [1.29, 1.82) is 0 Å². The van der Waals surface area contributed by atoms with Crippen molar-refractivity contribution in [3.8, 4) is 0 Å². The molecule has 5 heteroatoms. The van der Waals surface area contributed by atoms with Crippen LogP contribution in [0.1, 0.15) is 39.8 Å². The predicted molar refractivity (Wildman–Crippen MR) is 67.5 cm³/mol. The van der Waals surface area contributed by atoms with E-state index in [2.05, 4.69) is 29.5 Å². The molecule has 0 spiro atoms. The summed E-state index contributed by atoms with van der Waals surface area (Å²) in [6.45, 7) is 10.4. The zero-order valence-electron chi connectivity index (χ0n) is 11.3. The van der Waals surface area contributed by atoms with Crippen LogP contribution in [-0.4, -0.2) is 32.2 Å². The predicted octanol–water partition coefficient (Wildman–Crippen LogP) is 1.18. The second-order valence-electron chi connectivity index (χ2n) is 5.56. The number of aromatic nitrogens is 3. The van der Waals surface area contributed by atoms with Crippen LogP contribution in [0.4, 0.5) is 0 Å². The fourth-order valence-corrected chi connectivity index (χ4v) is 1.41. The van der Waals surface area contributed by atoms with E-state index in [0.29, 0.717) is 18.9 Å². The number of rotatable bonds is 7. The van der Waals surface area contributed by atoms with Gasteiger partial charge in [0.25, 0.3) is 0 Å². The van der Waals surface area contributed by atoms with Crippen molar-refractivity contribution < 1.29 is 5.11 Å². The molecule has 5 nitrogen and oxygen atoms in total. The lowest BCUT2D eigenvalue weighted by atomic mass is 10.1. The number of nitrogens with one attached hydrogen (secondary N) is 1. The van der Waals surface area contributed by atoms with Gasteiger partial charge in [-0.25, -0.2) is 0 Å². The standard InChI is InChI=1S/C12H24N4O/c1-10(2)7-13-8-11-9-16(15-14-11)6-5-12(3,4)17/h9-10,13,17H,5-8H2,1-4H3. The summed E-state index contributed by atoms with van der Waals surface area (Å²) < 4.78 is 1.78. The molecule has 1 aromatic rings. The van der Waals surface area contributed by atoms with Crippen LogP contribution in [0.2, 0.25) is 0 Å². The van der Waals surface area contributed by atoms with E-state index in [4.69, 9.17) is 0 Å². The van der Waals surface area contributed by atoms with Gasteiger partial charge in [0, 0.05) is 19.3 Å². The third-order valence-corrected chi connectivity index (χ3v) is 2.40. The van der Waals surface area contributed by atoms with Gasteiger partial charge in [0.1, 0.15) is 0 Å². The van der Waals surface area contributed by atoms with Gasteiger partial charge in [0.2, 0.25) is 0 Å². The summed E-state index contributed by atoms with van der Waals surface area (Å²) in [6.07, 6.45) is 2.61. The number of aliphatic hydroxyl groups is 1. The Morgan fingerprint density at radius 2 is 2.18 bits per heavy atom. The molecule has 0 aliphatic rings. The molecule has 0 radical (unpaired) electrons. The van der Waals surface area contributed by atoms with Gasteiger partial charge in [-0.3, -0.25) is 4.68 Å². The van der Waals surface area contributed by atoms with Crippen LogP contribution in [0.25, 0.3) is 0 Å². The minimum atomic E-state index is -0.651. The van der Waals surface area contributed by atoms with E-state index in [-0.39, 0.29) is 0 Å². The first-order chi connectivity index (χ1) is 7.87. The average Bonchev–Trinajstić information content (AvgIpc) is 2.61. The number of nitrogens with zero attached hydrogens (tertiary/aromatic N) is 3. The zero-order valence-corrected chi connectivity index (χ0v) is 11.3.